The summed E-state index contributed by atoms with van der Waals surface area (Å²) in [5, 5.41) is 8.19. The van der Waals surface area contributed by atoms with Gasteiger partial charge < -0.3 is 0 Å². The molecular weight excluding hydrogens is 364 g/mol. The van der Waals surface area contributed by atoms with Gasteiger partial charge in [0.05, 0.1) is 16.4 Å². The Labute approximate surface area is 147 Å². The molecule has 1 saturated carbocycles. The minimum Gasteiger partial charge on any atom is -0.274 e. The van der Waals surface area contributed by atoms with Gasteiger partial charge in [-0.1, -0.05) is 23.5 Å². The van der Waals surface area contributed by atoms with E-state index in [-0.39, 0.29) is 28.7 Å². The lowest BCUT2D eigenvalue weighted by molar-refractivity contribution is 0.0656. The topological polar surface area (TPSA) is 109 Å². The number of anilines is 1. The molecule has 0 unspecified atom stereocenters. The van der Waals surface area contributed by atoms with E-state index in [1.807, 2.05) is 0 Å². The number of benzene rings is 1. The van der Waals surface area contributed by atoms with Crippen LogP contribution in [-0.2, 0) is 16.4 Å². The smallest absolute Gasteiger partial charge is 0.261 e. The van der Waals surface area contributed by atoms with Gasteiger partial charge in [0, 0.05) is 13.0 Å². The van der Waals surface area contributed by atoms with Crippen LogP contribution in [0.5, 0.6) is 0 Å². The van der Waals surface area contributed by atoms with E-state index < -0.39 is 10.0 Å². The van der Waals surface area contributed by atoms with Crippen molar-refractivity contribution in [1.29, 1.82) is 0 Å². The lowest BCUT2D eigenvalue weighted by atomic mass is 10.1. The molecule has 0 spiro atoms. The van der Waals surface area contributed by atoms with Gasteiger partial charge in [-0.25, -0.2) is 8.42 Å². The highest BCUT2D eigenvalue weighted by atomic mass is 32.2. The summed E-state index contributed by atoms with van der Waals surface area (Å²) >= 11 is 1.11. The van der Waals surface area contributed by atoms with E-state index in [2.05, 4.69) is 14.9 Å². The number of fused-ring (bicyclic) bond motifs is 1. The maximum absolute atomic E-state index is 12.3. The zero-order valence-electron chi connectivity index (χ0n) is 13.0. The summed E-state index contributed by atoms with van der Waals surface area (Å²) in [5.74, 6) is -0.639. The second-order valence-electron chi connectivity index (χ2n) is 5.90. The predicted molar refractivity (Wildman–Crippen MR) is 91.0 cm³/mol. The Bertz CT molecular complexity index is 930. The first-order valence-corrected chi connectivity index (χ1v) is 10.1. The van der Waals surface area contributed by atoms with Gasteiger partial charge in [0.25, 0.3) is 11.8 Å². The molecule has 1 N–H and O–H groups in total. The number of sulfonamides is 1. The van der Waals surface area contributed by atoms with Crippen LogP contribution in [-0.4, -0.2) is 47.1 Å². The number of carbonyl (C=O) groups excluding carboxylic acids is 2. The van der Waals surface area contributed by atoms with E-state index >= 15 is 0 Å². The fraction of sp³-hybridized carbons (Fsp3) is 0.333. The van der Waals surface area contributed by atoms with Crippen LogP contribution >= 0.6 is 11.3 Å². The number of rotatable bonds is 6. The number of hydrogen-bond acceptors (Lipinski definition) is 7. The Balaban J connectivity index is 1.41. The van der Waals surface area contributed by atoms with Crippen LogP contribution in [0.2, 0.25) is 0 Å². The second-order valence-corrected chi connectivity index (χ2v) is 8.93. The Kier molecular flexibility index (Phi) is 3.80. The lowest BCUT2D eigenvalue weighted by Gasteiger charge is -2.12. The third-order valence-electron chi connectivity index (χ3n) is 4.09. The van der Waals surface area contributed by atoms with Crippen LogP contribution in [0.3, 0.4) is 0 Å². The van der Waals surface area contributed by atoms with E-state index in [0.29, 0.717) is 35.4 Å². The number of aromatic nitrogens is 2. The Morgan fingerprint density at radius 2 is 1.76 bits per heavy atom. The first-order valence-electron chi connectivity index (χ1n) is 7.75. The molecule has 130 valence electrons. The Hall–Kier alpha value is -2.33. The summed E-state index contributed by atoms with van der Waals surface area (Å²) in [6.45, 7) is 0.177. The van der Waals surface area contributed by atoms with E-state index in [4.69, 9.17) is 0 Å². The summed E-state index contributed by atoms with van der Waals surface area (Å²) < 4.78 is 26.2. The van der Waals surface area contributed by atoms with Gasteiger partial charge in [0.1, 0.15) is 5.01 Å². The van der Waals surface area contributed by atoms with Crippen LogP contribution in [0.15, 0.2) is 24.3 Å². The Morgan fingerprint density at radius 1 is 1.12 bits per heavy atom. The van der Waals surface area contributed by atoms with Crippen molar-refractivity contribution in [2.75, 3.05) is 11.3 Å². The number of amides is 2. The van der Waals surface area contributed by atoms with Crippen molar-refractivity contribution in [2.24, 2.45) is 0 Å². The fourth-order valence-corrected chi connectivity index (χ4v) is 4.93. The van der Waals surface area contributed by atoms with Crippen LogP contribution in [0.25, 0.3) is 0 Å². The van der Waals surface area contributed by atoms with Crippen LogP contribution in [0, 0.1) is 0 Å². The van der Waals surface area contributed by atoms with E-state index in [1.165, 1.54) is 4.90 Å². The van der Waals surface area contributed by atoms with Gasteiger partial charge >= 0.3 is 0 Å². The zero-order valence-corrected chi connectivity index (χ0v) is 14.6. The molecule has 8 nitrogen and oxygen atoms in total. The van der Waals surface area contributed by atoms with E-state index in [9.17, 15) is 18.0 Å². The zero-order chi connectivity index (χ0) is 17.6. The SMILES string of the molecule is O=C1c2ccccc2C(=O)N1CCc1nnc(NS(=O)(=O)C2CC2)s1. The molecule has 0 atom stereocenters. The van der Waals surface area contributed by atoms with Gasteiger partial charge in [-0.15, -0.1) is 10.2 Å². The van der Waals surface area contributed by atoms with Crippen molar-refractivity contribution < 1.29 is 18.0 Å². The molecule has 0 radical (unpaired) electrons. The van der Waals surface area contributed by atoms with Crippen molar-refractivity contribution in [3.05, 3.63) is 40.4 Å². The van der Waals surface area contributed by atoms with Crippen molar-refractivity contribution in [2.45, 2.75) is 24.5 Å². The highest BCUT2D eigenvalue weighted by molar-refractivity contribution is 7.93. The highest BCUT2D eigenvalue weighted by Gasteiger charge is 2.37. The molecule has 25 heavy (non-hydrogen) atoms. The monoisotopic (exact) mass is 378 g/mol. The van der Waals surface area contributed by atoms with Crippen molar-refractivity contribution in [3.8, 4) is 0 Å². The average Bonchev–Trinajstić information content (AvgIpc) is 3.33. The average molecular weight is 378 g/mol. The van der Waals surface area contributed by atoms with Gasteiger partial charge in [-0.2, -0.15) is 0 Å². The van der Waals surface area contributed by atoms with Crippen molar-refractivity contribution in [3.63, 3.8) is 0 Å². The number of nitrogens with one attached hydrogen (secondary N) is 1. The number of nitrogens with zero attached hydrogens (tertiary/aromatic N) is 3. The molecule has 1 fully saturated rings. The maximum atomic E-state index is 12.3. The minimum absolute atomic E-state index is 0.177. The summed E-state index contributed by atoms with van der Waals surface area (Å²) in [6, 6.07) is 6.70. The molecule has 2 aliphatic rings. The van der Waals surface area contributed by atoms with E-state index in [1.54, 1.807) is 24.3 Å². The van der Waals surface area contributed by atoms with Gasteiger partial charge in [-0.3, -0.25) is 19.2 Å². The second kappa shape index (κ2) is 5.88. The van der Waals surface area contributed by atoms with Gasteiger partial charge in [-0.05, 0) is 25.0 Å². The number of carbonyl (C=O) groups is 2. The number of imide groups is 1. The lowest BCUT2D eigenvalue weighted by Crippen LogP contribution is -2.31. The summed E-state index contributed by atoms with van der Waals surface area (Å²) in [6.07, 6.45) is 1.66. The summed E-state index contributed by atoms with van der Waals surface area (Å²) in [4.78, 5) is 25.7. The highest BCUT2D eigenvalue weighted by Crippen LogP contribution is 2.30. The quantitative estimate of drug-likeness (QED) is 0.759. The molecular formula is C15H14N4O4S2. The molecule has 0 saturated heterocycles. The molecule has 1 aliphatic heterocycles. The minimum atomic E-state index is -3.37. The molecule has 2 heterocycles. The van der Waals surface area contributed by atoms with Gasteiger partial charge in [0.15, 0.2) is 0 Å². The largest absolute Gasteiger partial charge is 0.274 e. The third kappa shape index (κ3) is 3.02. The van der Waals surface area contributed by atoms with Crippen molar-refractivity contribution in [1.82, 2.24) is 15.1 Å². The maximum Gasteiger partial charge on any atom is 0.261 e. The summed E-state index contributed by atoms with van der Waals surface area (Å²) in [5.41, 5.74) is 0.810. The van der Waals surface area contributed by atoms with Crippen molar-refractivity contribution >= 4 is 38.3 Å². The molecule has 1 aliphatic carbocycles. The summed E-state index contributed by atoms with van der Waals surface area (Å²) in [7, 11) is -3.37. The molecule has 0 bridgehead atoms. The number of hydrogen-bond donors (Lipinski definition) is 1. The molecule has 1 aromatic carbocycles. The predicted octanol–water partition coefficient (Wildman–Crippen LogP) is 1.28. The molecule has 1 aromatic heterocycles. The third-order valence-corrected chi connectivity index (χ3v) is 6.94. The first-order chi connectivity index (χ1) is 12.0. The molecule has 2 amide bonds. The molecule has 10 heteroatoms. The van der Waals surface area contributed by atoms with Crippen LogP contribution in [0.1, 0.15) is 38.6 Å². The molecule has 4 rings (SSSR count). The first kappa shape index (κ1) is 16.2. The van der Waals surface area contributed by atoms with Crippen LogP contribution < -0.4 is 4.72 Å². The van der Waals surface area contributed by atoms with Crippen LogP contribution in [0.4, 0.5) is 5.13 Å². The molecule has 2 aromatic rings. The van der Waals surface area contributed by atoms with E-state index in [0.717, 1.165) is 11.3 Å². The fourth-order valence-electron chi connectivity index (χ4n) is 2.63. The van der Waals surface area contributed by atoms with Gasteiger partial charge in [0.2, 0.25) is 15.2 Å². The Morgan fingerprint density at radius 3 is 2.36 bits per heavy atom. The normalized spacial score (nSPS) is 17.0. The standard InChI is InChI=1S/C15H14N4O4S2/c20-13-10-3-1-2-4-11(10)14(21)19(13)8-7-12-16-17-15(24-12)18-25(22,23)9-5-6-9/h1-4,9H,5-8H2,(H,17,18).